The Morgan fingerprint density at radius 1 is 1.67 bits per heavy atom. The van der Waals surface area contributed by atoms with Gasteiger partial charge in [0.05, 0.1) is 0 Å². The fourth-order valence-corrected chi connectivity index (χ4v) is 0.850. The summed E-state index contributed by atoms with van der Waals surface area (Å²) in [5, 5.41) is 2.82. The molecule has 0 atom stereocenters. The summed E-state index contributed by atoms with van der Waals surface area (Å²) in [4.78, 5) is 13.0. The van der Waals surface area contributed by atoms with Gasteiger partial charge in [0, 0.05) is 19.1 Å². The van der Waals surface area contributed by atoms with Crippen molar-refractivity contribution >= 4 is 6.03 Å². The minimum Gasteiger partial charge on any atom is -0.336 e. The highest BCUT2D eigenvalue weighted by Crippen LogP contribution is 1.90. The molecule has 2 amide bonds. The zero-order valence-electron chi connectivity index (χ0n) is 8.13. The zero-order chi connectivity index (χ0) is 9.56. The second kappa shape index (κ2) is 5.63. The molecule has 0 aliphatic carbocycles. The van der Waals surface area contributed by atoms with Gasteiger partial charge in [-0.3, -0.25) is 0 Å². The largest absolute Gasteiger partial charge is 0.336 e. The first kappa shape index (κ1) is 11.0. The van der Waals surface area contributed by atoms with Crippen LogP contribution >= 0.6 is 0 Å². The lowest BCUT2D eigenvalue weighted by molar-refractivity contribution is 0.203. The van der Waals surface area contributed by atoms with Crippen molar-refractivity contribution in [2.24, 2.45) is 0 Å². The number of hydrogen-bond acceptors (Lipinski definition) is 1. The average Bonchev–Trinajstić information content (AvgIpc) is 1.98. The highest BCUT2D eigenvalue weighted by Gasteiger charge is 2.09. The minimum absolute atomic E-state index is 0.0209. The monoisotopic (exact) mass is 170 g/mol. The topological polar surface area (TPSA) is 32.3 Å². The molecule has 0 unspecified atom stereocenters. The molecule has 0 rings (SSSR count). The molecule has 0 radical (unpaired) electrons. The number of urea groups is 1. The van der Waals surface area contributed by atoms with Crippen LogP contribution < -0.4 is 5.32 Å². The summed E-state index contributed by atoms with van der Waals surface area (Å²) < 4.78 is 0. The van der Waals surface area contributed by atoms with E-state index in [0.29, 0.717) is 13.1 Å². The highest BCUT2D eigenvalue weighted by molar-refractivity contribution is 5.74. The lowest BCUT2D eigenvalue weighted by Gasteiger charge is -2.20. The van der Waals surface area contributed by atoms with E-state index in [0.717, 1.165) is 0 Å². The normalized spacial score (nSPS) is 9.67. The Kier molecular flexibility index (Phi) is 5.17. The molecule has 0 aromatic carbocycles. The van der Waals surface area contributed by atoms with Crippen LogP contribution in [-0.4, -0.2) is 30.1 Å². The Morgan fingerprint density at radius 3 is 2.58 bits per heavy atom. The Balaban J connectivity index is 3.93. The lowest BCUT2D eigenvalue weighted by Crippen LogP contribution is -2.42. The Hall–Kier alpha value is -0.990. The molecular weight excluding hydrogens is 152 g/mol. The molecule has 0 bridgehead atoms. The van der Waals surface area contributed by atoms with Gasteiger partial charge in [-0.1, -0.05) is 6.08 Å². The summed E-state index contributed by atoms with van der Waals surface area (Å²) >= 11 is 0. The van der Waals surface area contributed by atoms with Gasteiger partial charge in [0.25, 0.3) is 0 Å². The van der Waals surface area contributed by atoms with Crippen molar-refractivity contribution in [3.63, 3.8) is 0 Å². The predicted molar refractivity (Wildman–Crippen MR) is 51.1 cm³/mol. The lowest BCUT2D eigenvalue weighted by atomic mass is 10.4. The van der Waals surface area contributed by atoms with E-state index >= 15 is 0 Å². The molecule has 12 heavy (non-hydrogen) atoms. The van der Waals surface area contributed by atoms with Crippen LogP contribution in [0.25, 0.3) is 0 Å². The molecule has 0 aliphatic heterocycles. The third-order valence-corrected chi connectivity index (χ3v) is 1.43. The van der Waals surface area contributed by atoms with Gasteiger partial charge in [-0.2, -0.15) is 0 Å². The Bertz CT molecular complexity index is 155. The standard InChI is InChI=1S/C9H18N2O/c1-5-7-11(6-2)9(12)10-8(3)4/h5,8H,1,6-7H2,2-4H3,(H,10,12). The summed E-state index contributed by atoms with van der Waals surface area (Å²) in [6.45, 7) is 10.7. The second-order valence-corrected chi connectivity index (χ2v) is 2.93. The molecule has 0 saturated carbocycles. The van der Waals surface area contributed by atoms with Gasteiger partial charge >= 0.3 is 6.03 Å². The van der Waals surface area contributed by atoms with Crippen molar-refractivity contribution in [2.45, 2.75) is 26.8 Å². The summed E-state index contributed by atoms with van der Waals surface area (Å²) in [5.41, 5.74) is 0. The number of nitrogens with zero attached hydrogens (tertiary/aromatic N) is 1. The van der Waals surface area contributed by atoms with Crippen LogP contribution in [-0.2, 0) is 0 Å². The number of rotatable bonds is 4. The van der Waals surface area contributed by atoms with Crippen molar-refractivity contribution in [1.29, 1.82) is 0 Å². The number of hydrogen-bond donors (Lipinski definition) is 1. The third kappa shape index (κ3) is 4.01. The van der Waals surface area contributed by atoms with Crippen LogP contribution in [0.2, 0.25) is 0 Å². The number of likely N-dealkylation sites (N-methyl/N-ethyl adjacent to an activating group) is 1. The maximum absolute atomic E-state index is 11.3. The average molecular weight is 170 g/mol. The fourth-order valence-electron chi connectivity index (χ4n) is 0.850. The maximum atomic E-state index is 11.3. The quantitative estimate of drug-likeness (QED) is 0.639. The van der Waals surface area contributed by atoms with Gasteiger partial charge in [0.2, 0.25) is 0 Å². The van der Waals surface area contributed by atoms with E-state index in [2.05, 4.69) is 11.9 Å². The van der Waals surface area contributed by atoms with E-state index in [1.807, 2.05) is 20.8 Å². The summed E-state index contributed by atoms with van der Waals surface area (Å²) in [5.74, 6) is 0. The molecule has 70 valence electrons. The Morgan fingerprint density at radius 2 is 2.25 bits per heavy atom. The first-order valence-corrected chi connectivity index (χ1v) is 4.28. The molecule has 0 heterocycles. The van der Waals surface area contributed by atoms with Crippen LogP contribution in [0, 0.1) is 0 Å². The smallest absolute Gasteiger partial charge is 0.317 e. The number of carbonyl (C=O) groups excluding carboxylic acids is 1. The van der Waals surface area contributed by atoms with Crippen LogP contribution in [0.15, 0.2) is 12.7 Å². The van der Waals surface area contributed by atoms with Crippen LogP contribution in [0.4, 0.5) is 4.79 Å². The third-order valence-electron chi connectivity index (χ3n) is 1.43. The summed E-state index contributed by atoms with van der Waals surface area (Å²) in [6, 6.07) is 0.170. The van der Waals surface area contributed by atoms with Crippen LogP contribution in [0.1, 0.15) is 20.8 Å². The summed E-state index contributed by atoms with van der Waals surface area (Å²) in [7, 11) is 0. The number of nitrogens with one attached hydrogen (secondary N) is 1. The van der Waals surface area contributed by atoms with Crippen molar-refractivity contribution in [1.82, 2.24) is 10.2 Å². The van der Waals surface area contributed by atoms with Crippen molar-refractivity contribution in [3.05, 3.63) is 12.7 Å². The zero-order valence-corrected chi connectivity index (χ0v) is 8.13. The summed E-state index contributed by atoms with van der Waals surface area (Å²) in [6.07, 6.45) is 1.73. The van der Waals surface area contributed by atoms with Gasteiger partial charge in [-0.15, -0.1) is 6.58 Å². The van der Waals surface area contributed by atoms with Crippen molar-refractivity contribution < 1.29 is 4.79 Å². The molecule has 3 heteroatoms. The first-order chi connectivity index (χ1) is 5.61. The molecule has 0 aliphatic rings. The second-order valence-electron chi connectivity index (χ2n) is 2.93. The first-order valence-electron chi connectivity index (χ1n) is 4.28. The predicted octanol–water partition coefficient (Wildman–Crippen LogP) is 1.61. The van der Waals surface area contributed by atoms with E-state index in [4.69, 9.17) is 0 Å². The SMILES string of the molecule is C=CCN(CC)C(=O)NC(C)C. The van der Waals surface area contributed by atoms with Gasteiger partial charge in [0.1, 0.15) is 0 Å². The molecular formula is C9H18N2O. The van der Waals surface area contributed by atoms with E-state index in [9.17, 15) is 4.79 Å². The van der Waals surface area contributed by atoms with E-state index < -0.39 is 0 Å². The molecule has 3 nitrogen and oxygen atoms in total. The molecule has 0 aromatic rings. The molecule has 0 saturated heterocycles. The van der Waals surface area contributed by atoms with Gasteiger partial charge in [-0.25, -0.2) is 4.79 Å². The highest BCUT2D eigenvalue weighted by atomic mass is 16.2. The van der Waals surface area contributed by atoms with E-state index in [1.54, 1.807) is 11.0 Å². The van der Waals surface area contributed by atoms with Crippen molar-refractivity contribution in [3.8, 4) is 0 Å². The number of amides is 2. The van der Waals surface area contributed by atoms with Gasteiger partial charge < -0.3 is 10.2 Å². The maximum Gasteiger partial charge on any atom is 0.317 e. The Labute approximate surface area is 74.4 Å². The minimum atomic E-state index is -0.0209. The van der Waals surface area contributed by atoms with Crippen molar-refractivity contribution in [2.75, 3.05) is 13.1 Å². The van der Waals surface area contributed by atoms with E-state index in [1.165, 1.54) is 0 Å². The van der Waals surface area contributed by atoms with Gasteiger partial charge in [-0.05, 0) is 20.8 Å². The van der Waals surface area contributed by atoms with Crippen LogP contribution in [0.3, 0.4) is 0 Å². The van der Waals surface area contributed by atoms with Gasteiger partial charge in [0.15, 0.2) is 0 Å². The number of carbonyl (C=O) groups is 1. The van der Waals surface area contributed by atoms with Crippen LogP contribution in [0.5, 0.6) is 0 Å². The molecule has 0 aromatic heterocycles. The molecule has 0 fully saturated rings. The molecule has 0 spiro atoms. The fraction of sp³-hybridized carbons (Fsp3) is 0.667. The van der Waals surface area contributed by atoms with E-state index in [-0.39, 0.29) is 12.1 Å². The molecule has 1 N–H and O–H groups in total.